The lowest BCUT2D eigenvalue weighted by atomic mass is 10.1. The Morgan fingerprint density at radius 3 is 2.79 bits per heavy atom. The third-order valence-electron chi connectivity index (χ3n) is 3.17. The Bertz CT molecular complexity index is 880. The number of nitrogens with zero attached hydrogens (tertiary/aromatic N) is 2. The molecule has 0 aliphatic carbocycles. The minimum absolute atomic E-state index is 0.955. The van der Waals surface area contributed by atoms with Crippen LogP contribution in [0.2, 0.25) is 0 Å². The highest BCUT2D eigenvalue weighted by molar-refractivity contribution is 7.13. The van der Waals surface area contributed by atoms with E-state index in [1.165, 1.54) is 21.6 Å². The predicted molar refractivity (Wildman–Crippen MR) is 79.2 cm³/mol. The number of rotatable bonds is 1. The van der Waals surface area contributed by atoms with Gasteiger partial charge in [0.2, 0.25) is 0 Å². The van der Waals surface area contributed by atoms with Crippen LogP contribution in [0, 0.1) is 6.20 Å². The normalized spacial score (nSPS) is 11.2. The molecule has 2 aromatic carbocycles. The smallest absolute Gasteiger partial charge is 0.0995 e. The predicted octanol–water partition coefficient (Wildman–Crippen LogP) is 4.31. The van der Waals surface area contributed by atoms with Gasteiger partial charge in [-0.05, 0) is 29.7 Å². The summed E-state index contributed by atoms with van der Waals surface area (Å²) < 4.78 is 5.74. The maximum Gasteiger partial charge on any atom is 0.0995 e. The van der Waals surface area contributed by atoms with Crippen molar-refractivity contribution < 1.29 is 0 Å². The minimum Gasteiger partial charge on any atom is -0.245 e. The van der Waals surface area contributed by atoms with Crippen LogP contribution in [0.15, 0.2) is 54.6 Å². The molecule has 0 bridgehead atoms. The molecule has 0 saturated heterocycles. The lowest BCUT2D eigenvalue weighted by molar-refractivity contribution is 1.38. The number of pyridine rings is 1. The van der Waals surface area contributed by atoms with Gasteiger partial charge >= 0.3 is 0 Å². The minimum atomic E-state index is 0.955. The van der Waals surface area contributed by atoms with Gasteiger partial charge in [0.05, 0.1) is 22.1 Å². The maximum atomic E-state index is 4.54. The molecule has 4 aromatic rings. The summed E-state index contributed by atoms with van der Waals surface area (Å²) in [5.74, 6) is 0. The number of fused-ring (bicyclic) bond motifs is 2. The standard InChI is InChI=1S/C16H9N2S/c1-3-7-14-11(5-1)9-12(10-17-14)16-13-6-2-4-8-15(13)19-18-16/h1-9H. The van der Waals surface area contributed by atoms with E-state index in [1.807, 2.05) is 30.3 Å². The Balaban J connectivity index is 1.99. The van der Waals surface area contributed by atoms with Crippen LogP contribution in [0.25, 0.3) is 32.2 Å². The second kappa shape index (κ2) is 4.14. The Labute approximate surface area is 114 Å². The quantitative estimate of drug-likeness (QED) is 0.510. The maximum absolute atomic E-state index is 4.54. The summed E-state index contributed by atoms with van der Waals surface area (Å²) in [5.41, 5.74) is 2.89. The van der Waals surface area contributed by atoms with Crippen molar-refractivity contribution in [2.24, 2.45) is 0 Å². The van der Waals surface area contributed by atoms with Gasteiger partial charge in [0.1, 0.15) is 0 Å². The van der Waals surface area contributed by atoms with Gasteiger partial charge in [0.25, 0.3) is 0 Å². The van der Waals surface area contributed by atoms with E-state index in [-0.39, 0.29) is 0 Å². The average molecular weight is 261 g/mol. The van der Waals surface area contributed by atoms with Crippen molar-refractivity contribution in [1.82, 2.24) is 9.36 Å². The lowest BCUT2D eigenvalue weighted by Crippen LogP contribution is -1.83. The van der Waals surface area contributed by atoms with Crippen LogP contribution in [0.1, 0.15) is 0 Å². The van der Waals surface area contributed by atoms with Crippen molar-refractivity contribution in [3.05, 3.63) is 60.8 Å². The third-order valence-corrected chi connectivity index (χ3v) is 3.99. The fourth-order valence-electron chi connectivity index (χ4n) is 2.22. The fraction of sp³-hybridized carbons (Fsp3) is 0. The highest BCUT2D eigenvalue weighted by Gasteiger charge is 2.09. The van der Waals surface area contributed by atoms with Crippen molar-refractivity contribution >= 4 is 32.5 Å². The number of benzene rings is 2. The van der Waals surface area contributed by atoms with Gasteiger partial charge in [-0.25, -0.2) is 4.98 Å². The number of aromatic nitrogens is 2. The molecule has 0 N–H and O–H groups in total. The van der Waals surface area contributed by atoms with Crippen LogP contribution >= 0.6 is 11.5 Å². The van der Waals surface area contributed by atoms with Crippen LogP contribution in [0.3, 0.4) is 0 Å². The summed E-state index contributed by atoms with van der Waals surface area (Å²) in [6.45, 7) is 0. The van der Waals surface area contributed by atoms with E-state index in [0.717, 1.165) is 22.2 Å². The summed E-state index contributed by atoms with van der Waals surface area (Å²) in [6, 6.07) is 18.4. The van der Waals surface area contributed by atoms with E-state index in [4.69, 9.17) is 0 Å². The molecule has 19 heavy (non-hydrogen) atoms. The lowest BCUT2D eigenvalue weighted by Gasteiger charge is -2.00. The van der Waals surface area contributed by atoms with Gasteiger partial charge < -0.3 is 0 Å². The third kappa shape index (κ3) is 1.71. The molecule has 4 rings (SSSR count). The summed E-state index contributed by atoms with van der Waals surface area (Å²) in [6.07, 6.45) is 3.10. The van der Waals surface area contributed by atoms with Crippen molar-refractivity contribution in [2.45, 2.75) is 0 Å². The van der Waals surface area contributed by atoms with Gasteiger partial charge in [-0.1, -0.05) is 36.4 Å². The van der Waals surface area contributed by atoms with Crippen molar-refractivity contribution in [2.75, 3.05) is 0 Å². The molecule has 1 radical (unpaired) electrons. The van der Waals surface area contributed by atoms with E-state index in [2.05, 4.69) is 39.8 Å². The zero-order valence-corrected chi connectivity index (χ0v) is 10.8. The number of hydrogen-bond donors (Lipinski definition) is 0. The zero-order valence-electron chi connectivity index (χ0n) is 10.00. The molecule has 0 spiro atoms. The first-order valence-corrected chi connectivity index (χ1v) is 6.81. The van der Waals surface area contributed by atoms with Crippen LogP contribution in [0.5, 0.6) is 0 Å². The average Bonchev–Trinajstić information content (AvgIpc) is 2.91. The second-order valence-electron chi connectivity index (χ2n) is 4.37. The van der Waals surface area contributed by atoms with Crippen molar-refractivity contribution in [3.63, 3.8) is 0 Å². The van der Waals surface area contributed by atoms with Gasteiger partial charge in [-0.2, -0.15) is 4.37 Å². The molecule has 0 fully saturated rings. The van der Waals surface area contributed by atoms with Crippen LogP contribution in [-0.4, -0.2) is 9.36 Å². The SMILES string of the molecule is [c]1nc2ccccc2cc1-c1nsc2ccccc12. The van der Waals surface area contributed by atoms with E-state index in [9.17, 15) is 0 Å². The Kier molecular flexibility index (Phi) is 2.32. The van der Waals surface area contributed by atoms with Crippen LogP contribution in [0.4, 0.5) is 0 Å². The van der Waals surface area contributed by atoms with Gasteiger partial charge in [-0.15, -0.1) is 0 Å². The Hall–Kier alpha value is -2.26. The summed E-state index contributed by atoms with van der Waals surface area (Å²) in [5, 5.41) is 2.29. The fourth-order valence-corrected chi connectivity index (χ4v) is 3.01. The first-order chi connectivity index (χ1) is 9.42. The molecule has 2 nitrogen and oxygen atoms in total. The molecule has 0 amide bonds. The van der Waals surface area contributed by atoms with Gasteiger partial charge in [0.15, 0.2) is 0 Å². The van der Waals surface area contributed by atoms with Crippen molar-refractivity contribution in [1.29, 1.82) is 0 Å². The first-order valence-electron chi connectivity index (χ1n) is 6.04. The van der Waals surface area contributed by atoms with E-state index in [1.54, 1.807) is 0 Å². The molecule has 0 aliphatic heterocycles. The molecule has 2 aromatic heterocycles. The van der Waals surface area contributed by atoms with E-state index >= 15 is 0 Å². The highest BCUT2D eigenvalue weighted by Crippen LogP contribution is 2.31. The molecule has 0 atom stereocenters. The molecule has 0 aliphatic rings. The molecule has 0 saturated carbocycles. The number of hydrogen-bond acceptors (Lipinski definition) is 3. The largest absolute Gasteiger partial charge is 0.245 e. The monoisotopic (exact) mass is 261 g/mol. The molecule has 3 heteroatoms. The Morgan fingerprint density at radius 1 is 0.947 bits per heavy atom. The molecule has 2 heterocycles. The molecular weight excluding hydrogens is 252 g/mol. The van der Waals surface area contributed by atoms with Gasteiger partial charge in [-0.3, -0.25) is 0 Å². The van der Waals surface area contributed by atoms with Crippen LogP contribution in [-0.2, 0) is 0 Å². The molecule has 0 unspecified atom stereocenters. The zero-order chi connectivity index (χ0) is 12.7. The van der Waals surface area contributed by atoms with Crippen LogP contribution < -0.4 is 0 Å². The second-order valence-corrected chi connectivity index (χ2v) is 5.17. The topological polar surface area (TPSA) is 25.8 Å². The van der Waals surface area contributed by atoms with Gasteiger partial charge in [0, 0.05) is 16.3 Å². The first kappa shape index (κ1) is 10.6. The summed E-state index contributed by atoms with van der Waals surface area (Å²) in [4.78, 5) is 4.38. The Morgan fingerprint density at radius 2 is 1.79 bits per heavy atom. The highest BCUT2D eigenvalue weighted by atomic mass is 32.1. The summed E-state index contributed by atoms with van der Waals surface area (Å²) >= 11 is 1.52. The van der Waals surface area contributed by atoms with Crippen molar-refractivity contribution in [3.8, 4) is 11.3 Å². The van der Waals surface area contributed by atoms with E-state index in [0.29, 0.717) is 0 Å². The van der Waals surface area contributed by atoms with E-state index < -0.39 is 0 Å². The molecule has 89 valence electrons. The summed E-state index contributed by atoms with van der Waals surface area (Å²) in [7, 11) is 0. The number of para-hydroxylation sites is 1. The molecular formula is C16H9N2S.